The maximum absolute atomic E-state index is 9.16. The van der Waals surface area contributed by atoms with Gasteiger partial charge in [-0.15, -0.1) is 0 Å². The number of nitrogens with two attached hydrogens (primary N) is 1. The molecule has 0 amide bonds. The van der Waals surface area contributed by atoms with E-state index in [4.69, 9.17) is 10.9 Å². The molecule has 0 heterocycles. The number of hydrogen-bond donors (Lipinski definition) is 3. The second-order valence-electron chi connectivity index (χ2n) is 2.39. The van der Waals surface area contributed by atoms with Gasteiger partial charge < -0.3 is 10.5 Å². The molecular formula is C8H12N2O. The molecule has 0 saturated heterocycles. The van der Waals surface area contributed by atoms with Crippen LogP contribution >= 0.6 is 0 Å². The molecule has 60 valence electrons. The summed E-state index contributed by atoms with van der Waals surface area (Å²) < 4.78 is 0. The zero-order valence-electron chi connectivity index (χ0n) is 6.46. The van der Waals surface area contributed by atoms with Gasteiger partial charge in [0.05, 0.1) is 5.69 Å². The van der Waals surface area contributed by atoms with Crippen LogP contribution in [-0.2, 0) is 6.42 Å². The van der Waals surface area contributed by atoms with Crippen LogP contribution in [0.4, 0.5) is 5.69 Å². The topological polar surface area (TPSA) is 58.3 Å². The van der Waals surface area contributed by atoms with Gasteiger partial charge in [0.25, 0.3) is 0 Å². The number of aromatic hydroxyl groups is 1. The van der Waals surface area contributed by atoms with Crippen LogP contribution < -0.4 is 11.3 Å². The molecule has 0 radical (unpaired) electrons. The Labute approximate surface area is 65.8 Å². The summed E-state index contributed by atoms with van der Waals surface area (Å²) in [7, 11) is 0. The monoisotopic (exact) mass is 152 g/mol. The number of hydrogen-bond acceptors (Lipinski definition) is 3. The number of anilines is 1. The van der Waals surface area contributed by atoms with Crippen molar-refractivity contribution in [1.29, 1.82) is 0 Å². The normalized spacial score (nSPS) is 9.64. The summed E-state index contributed by atoms with van der Waals surface area (Å²) >= 11 is 0. The fourth-order valence-corrected chi connectivity index (χ4v) is 0.961. The lowest BCUT2D eigenvalue weighted by Gasteiger charge is -2.03. The molecule has 3 heteroatoms. The van der Waals surface area contributed by atoms with Crippen LogP contribution in [0, 0.1) is 0 Å². The SMILES string of the molecule is CCc1cc(O)cc(NN)c1. The third-order valence-corrected chi connectivity index (χ3v) is 1.55. The molecule has 0 aliphatic heterocycles. The smallest absolute Gasteiger partial charge is 0.117 e. The highest BCUT2D eigenvalue weighted by Crippen LogP contribution is 2.18. The molecule has 1 rings (SSSR count). The lowest BCUT2D eigenvalue weighted by molar-refractivity contribution is 0.475. The number of benzene rings is 1. The van der Waals surface area contributed by atoms with Crippen molar-refractivity contribution < 1.29 is 5.11 Å². The number of phenols is 1. The molecule has 0 aromatic heterocycles. The Hall–Kier alpha value is -1.22. The van der Waals surface area contributed by atoms with Gasteiger partial charge in [-0.05, 0) is 24.1 Å². The molecule has 0 aliphatic carbocycles. The Bertz CT molecular complexity index is 226. The minimum Gasteiger partial charge on any atom is -0.508 e. The molecular weight excluding hydrogens is 140 g/mol. The van der Waals surface area contributed by atoms with Crippen molar-refractivity contribution in [2.45, 2.75) is 13.3 Å². The lowest BCUT2D eigenvalue weighted by atomic mass is 10.1. The van der Waals surface area contributed by atoms with Crippen LogP contribution in [0.3, 0.4) is 0 Å². The van der Waals surface area contributed by atoms with Gasteiger partial charge >= 0.3 is 0 Å². The van der Waals surface area contributed by atoms with Gasteiger partial charge in [-0.25, -0.2) is 0 Å². The average Bonchev–Trinajstić information content (AvgIpc) is 2.03. The Morgan fingerprint density at radius 3 is 2.73 bits per heavy atom. The van der Waals surface area contributed by atoms with Crippen LogP contribution in [0.25, 0.3) is 0 Å². The quantitative estimate of drug-likeness (QED) is 0.441. The highest BCUT2D eigenvalue weighted by atomic mass is 16.3. The zero-order chi connectivity index (χ0) is 8.27. The van der Waals surface area contributed by atoms with Crippen molar-refractivity contribution >= 4 is 5.69 Å². The molecule has 0 fully saturated rings. The molecule has 1 aromatic rings. The summed E-state index contributed by atoms with van der Waals surface area (Å²) in [6.07, 6.45) is 0.892. The van der Waals surface area contributed by atoms with Crippen molar-refractivity contribution in [3.63, 3.8) is 0 Å². The van der Waals surface area contributed by atoms with E-state index in [1.165, 1.54) is 0 Å². The molecule has 0 atom stereocenters. The predicted molar refractivity (Wildman–Crippen MR) is 45.3 cm³/mol. The highest BCUT2D eigenvalue weighted by molar-refractivity contribution is 5.49. The maximum Gasteiger partial charge on any atom is 0.117 e. The van der Waals surface area contributed by atoms with Gasteiger partial charge in [-0.2, -0.15) is 0 Å². The van der Waals surface area contributed by atoms with Gasteiger partial charge in [0.15, 0.2) is 0 Å². The third-order valence-electron chi connectivity index (χ3n) is 1.55. The second-order valence-corrected chi connectivity index (χ2v) is 2.39. The number of aryl methyl sites for hydroxylation is 1. The van der Waals surface area contributed by atoms with Crippen molar-refractivity contribution in [3.8, 4) is 5.75 Å². The van der Waals surface area contributed by atoms with Crippen molar-refractivity contribution in [3.05, 3.63) is 23.8 Å². The number of hydrazine groups is 1. The Morgan fingerprint density at radius 2 is 2.18 bits per heavy atom. The summed E-state index contributed by atoms with van der Waals surface area (Å²) in [5.74, 6) is 5.43. The molecule has 0 spiro atoms. The first-order chi connectivity index (χ1) is 5.26. The van der Waals surface area contributed by atoms with E-state index in [0.29, 0.717) is 0 Å². The molecule has 4 N–H and O–H groups in total. The standard InChI is InChI=1S/C8H12N2O/c1-2-6-3-7(10-9)5-8(11)4-6/h3-5,10-11H,2,9H2,1H3. The van der Waals surface area contributed by atoms with Crippen LogP contribution in [0.5, 0.6) is 5.75 Å². The largest absolute Gasteiger partial charge is 0.508 e. The first-order valence-electron chi connectivity index (χ1n) is 3.55. The van der Waals surface area contributed by atoms with Crippen molar-refractivity contribution in [2.24, 2.45) is 5.84 Å². The van der Waals surface area contributed by atoms with E-state index < -0.39 is 0 Å². The van der Waals surface area contributed by atoms with E-state index in [1.54, 1.807) is 12.1 Å². The summed E-state index contributed by atoms with van der Waals surface area (Å²) in [5.41, 5.74) is 4.29. The number of phenolic OH excluding ortho intramolecular Hbond substituents is 1. The summed E-state index contributed by atoms with van der Waals surface area (Å²) in [4.78, 5) is 0. The van der Waals surface area contributed by atoms with E-state index >= 15 is 0 Å². The first-order valence-corrected chi connectivity index (χ1v) is 3.55. The predicted octanol–water partition coefficient (Wildman–Crippen LogP) is 1.24. The Morgan fingerprint density at radius 1 is 1.45 bits per heavy atom. The highest BCUT2D eigenvalue weighted by Gasteiger charge is 1.95. The van der Waals surface area contributed by atoms with Crippen LogP contribution in [0.2, 0.25) is 0 Å². The summed E-state index contributed by atoms with van der Waals surface area (Å²) in [5, 5.41) is 9.16. The van der Waals surface area contributed by atoms with Gasteiger partial charge in [-0.1, -0.05) is 6.92 Å². The molecule has 11 heavy (non-hydrogen) atoms. The van der Waals surface area contributed by atoms with Crippen molar-refractivity contribution in [1.82, 2.24) is 0 Å². The minimum absolute atomic E-state index is 0.248. The Balaban J connectivity index is 3.02. The first kappa shape index (κ1) is 7.88. The molecule has 3 nitrogen and oxygen atoms in total. The van der Waals surface area contributed by atoms with Crippen LogP contribution in [0.1, 0.15) is 12.5 Å². The van der Waals surface area contributed by atoms with Crippen LogP contribution in [-0.4, -0.2) is 5.11 Å². The van der Waals surface area contributed by atoms with Gasteiger partial charge in [0.2, 0.25) is 0 Å². The lowest BCUT2D eigenvalue weighted by Crippen LogP contribution is -2.06. The Kier molecular flexibility index (Phi) is 2.33. The molecule has 0 bridgehead atoms. The third kappa shape index (κ3) is 1.85. The number of nitrogens with one attached hydrogen (secondary N) is 1. The van der Waals surface area contributed by atoms with Crippen LogP contribution in [0.15, 0.2) is 18.2 Å². The summed E-state index contributed by atoms with van der Waals surface area (Å²) in [6.45, 7) is 2.02. The van der Waals surface area contributed by atoms with E-state index in [1.807, 2.05) is 13.0 Å². The molecule has 0 saturated carbocycles. The van der Waals surface area contributed by atoms with Crippen molar-refractivity contribution in [2.75, 3.05) is 5.43 Å². The molecule has 0 unspecified atom stereocenters. The maximum atomic E-state index is 9.16. The second kappa shape index (κ2) is 3.25. The fraction of sp³-hybridized carbons (Fsp3) is 0.250. The zero-order valence-corrected chi connectivity index (χ0v) is 6.46. The van der Waals surface area contributed by atoms with E-state index in [2.05, 4.69) is 5.43 Å². The minimum atomic E-state index is 0.248. The molecule has 1 aromatic carbocycles. The van der Waals surface area contributed by atoms with E-state index in [0.717, 1.165) is 17.7 Å². The van der Waals surface area contributed by atoms with E-state index in [9.17, 15) is 0 Å². The number of nitrogen functional groups attached to an aromatic ring is 1. The molecule has 0 aliphatic rings. The average molecular weight is 152 g/mol. The van der Waals surface area contributed by atoms with E-state index in [-0.39, 0.29) is 5.75 Å². The van der Waals surface area contributed by atoms with Gasteiger partial charge in [0.1, 0.15) is 5.75 Å². The van der Waals surface area contributed by atoms with Gasteiger partial charge in [-0.3, -0.25) is 5.84 Å². The number of rotatable bonds is 2. The fourth-order valence-electron chi connectivity index (χ4n) is 0.961. The summed E-state index contributed by atoms with van der Waals surface area (Å²) in [6, 6.07) is 5.21. The van der Waals surface area contributed by atoms with Gasteiger partial charge in [0, 0.05) is 6.07 Å².